The lowest BCUT2D eigenvalue weighted by Crippen LogP contribution is -2.41. The lowest BCUT2D eigenvalue weighted by atomic mass is 9.78. The van der Waals surface area contributed by atoms with Crippen LogP contribution in [0.1, 0.15) is 35.9 Å². The van der Waals surface area contributed by atoms with Crippen LogP contribution in [0.2, 0.25) is 10.0 Å². The Bertz CT molecular complexity index is 1720. The van der Waals surface area contributed by atoms with Crippen molar-refractivity contribution in [3.8, 4) is 5.75 Å². The lowest BCUT2D eigenvalue weighted by Gasteiger charge is -2.35. The van der Waals surface area contributed by atoms with E-state index < -0.39 is 12.1 Å². The van der Waals surface area contributed by atoms with Crippen molar-refractivity contribution < 1.29 is 18.7 Å². The smallest absolute Gasteiger partial charge is 0.327 e. The SMILES string of the molecule is COc1cccc([C@H]2C3=C(C[C@@H](c4ccc(F)cc4)CC3=O)Nc3ccccc3N2C(=O)Nc2ccc(Cl)c(Cl)c2)c1. The highest BCUT2D eigenvalue weighted by atomic mass is 35.5. The highest BCUT2D eigenvalue weighted by molar-refractivity contribution is 6.42. The molecule has 2 atom stereocenters. The summed E-state index contributed by atoms with van der Waals surface area (Å²) < 4.78 is 19.2. The molecular formula is C33H26Cl2FN3O3. The van der Waals surface area contributed by atoms with Gasteiger partial charge in [0.1, 0.15) is 11.6 Å². The number of urea groups is 1. The van der Waals surface area contributed by atoms with Gasteiger partial charge in [0.25, 0.3) is 0 Å². The molecule has 6 nitrogen and oxygen atoms in total. The first kappa shape index (κ1) is 27.8. The Morgan fingerprint density at radius 1 is 0.929 bits per heavy atom. The van der Waals surface area contributed by atoms with Gasteiger partial charge in [0, 0.05) is 23.4 Å². The molecule has 0 bridgehead atoms. The van der Waals surface area contributed by atoms with Gasteiger partial charge in [0.2, 0.25) is 0 Å². The van der Waals surface area contributed by atoms with Gasteiger partial charge in [-0.3, -0.25) is 9.69 Å². The molecule has 2 N–H and O–H groups in total. The first-order valence-electron chi connectivity index (χ1n) is 13.4. The number of rotatable bonds is 4. The maximum absolute atomic E-state index is 14.2. The minimum absolute atomic E-state index is 0.106. The van der Waals surface area contributed by atoms with E-state index in [1.165, 1.54) is 12.1 Å². The molecule has 4 aromatic rings. The van der Waals surface area contributed by atoms with E-state index in [2.05, 4.69) is 10.6 Å². The van der Waals surface area contributed by atoms with Gasteiger partial charge in [-0.2, -0.15) is 0 Å². The van der Waals surface area contributed by atoms with E-state index in [4.69, 9.17) is 27.9 Å². The number of nitrogens with zero attached hydrogens (tertiary/aromatic N) is 1. The van der Waals surface area contributed by atoms with Crippen molar-refractivity contribution in [1.29, 1.82) is 0 Å². The number of anilines is 3. The molecule has 4 aromatic carbocycles. The fourth-order valence-corrected chi connectivity index (χ4v) is 5.97. The van der Waals surface area contributed by atoms with Crippen LogP contribution in [-0.4, -0.2) is 18.9 Å². The summed E-state index contributed by atoms with van der Waals surface area (Å²) in [6, 6.07) is 24.7. The molecule has 2 amide bonds. The second kappa shape index (κ2) is 11.5. The zero-order valence-corrected chi connectivity index (χ0v) is 24.0. The molecule has 42 heavy (non-hydrogen) atoms. The van der Waals surface area contributed by atoms with Crippen LogP contribution in [0.15, 0.2) is 102 Å². The number of para-hydroxylation sites is 2. The van der Waals surface area contributed by atoms with Gasteiger partial charge in [-0.05, 0) is 78.1 Å². The van der Waals surface area contributed by atoms with Crippen molar-refractivity contribution in [2.24, 2.45) is 0 Å². The average molecular weight is 602 g/mol. The molecule has 1 aliphatic carbocycles. The second-order valence-corrected chi connectivity index (χ2v) is 11.0. The number of amides is 2. The maximum Gasteiger partial charge on any atom is 0.327 e. The van der Waals surface area contributed by atoms with Crippen LogP contribution < -0.4 is 20.3 Å². The van der Waals surface area contributed by atoms with Crippen LogP contribution in [0.25, 0.3) is 0 Å². The van der Waals surface area contributed by atoms with Crippen molar-refractivity contribution >= 4 is 52.1 Å². The Labute approximate surface area is 252 Å². The number of allylic oxidation sites excluding steroid dienone is 1. The summed E-state index contributed by atoms with van der Waals surface area (Å²) in [4.78, 5) is 30.0. The number of hydrogen-bond acceptors (Lipinski definition) is 4. The predicted octanol–water partition coefficient (Wildman–Crippen LogP) is 8.75. The molecule has 212 valence electrons. The van der Waals surface area contributed by atoms with E-state index in [1.54, 1.807) is 42.3 Å². The number of carbonyl (C=O) groups is 2. The molecule has 0 spiro atoms. The highest BCUT2D eigenvalue weighted by Gasteiger charge is 2.42. The van der Waals surface area contributed by atoms with Crippen molar-refractivity contribution in [2.75, 3.05) is 22.6 Å². The molecule has 0 saturated carbocycles. The zero-order valence-electron chi connectivity index (χ0n) is 22.5. The minimum atomic E-state index is -0.782. The number of hydrogen-bond donors (Lipinski definition) is 2. The summed E-state index contributed by atoms with van der Waals surface area (Å²) in [6.45, 7) is 0. The molecule has 2 aliphatic rings. The minimum Gasteiger partial charge on any atom is -0.497 e. The van der Waals surface area contributed by atoms with Gasteiger partial charge >= 0.3 is 6.03 Å². The second-order valence-electron chi connectivity index (χ2n) is 10.2. The van der Waals surface area contributed by atoms with Crippen molar-refractivity contribution in [2.45, 2.75) is 24.8 Å². The largest absolute Gasteiger partial charge is 0.497 e. The first-order valence-corrected chi connectivity index (χ1v) is 14.1. The molecule has 6 rings (SSSR count). The molecule has 1 heterocycles. The average Bonchev–Trinajstić information content (AvgIpc) is 3.14. The maximum atomic E-state index is 14.2. The summed E-state index contributed by atoms with van der Waals surface area (Å²) in [5.41, 5.74) is 4.50. The Morgan fingerprint density at radius 3 is 2.48 bits per heavy atom. The van der Waals surface area contributed by atoms with Gasteiger partial charge in [0.15, 0.2) is 5.78 Å². The number of benzene rings is 4. The van der Waals surface area contributed by atoms with Crippen LogP contribution in [0.5, 0.6) is 5.75 Å². The van der Waals surface area contributed by atoms with E-state index in [0.29, 0.717) is 56.1 Å². The molecule has 1 aliphatic heterocycles. The number of Topliss-reactive ketones (excluding diaryl/α,β-unsaturated/α-hetero) is 1. The number of halogens is 3. The number of methoxy groups -OCH3 is 1. The van der Waals surface area contributed by atoms with Crippen molar-refractivity contribution in [3.05, 3.63) is 129 Å². The Morgan fingerprint density at radius 2 is 1.71 bits per heavy atom. The summed E-state index contributed by atoms with van der Waals surface area (Å²) >= 11 is 12.3. The quantitative estimate of drug-likeness (QED) is 0.245. The third-order valence-electron chi connectivity index (χ3n) is 7.63. The monoisotopic (exact) mass is 601 g/mol. The standard InChI is InChI=1S/C33H26Cl2FN3O3/c1-42-24-6-4-5-20(15-24)32-31-28(16-21(17-30(31)40)19-9-11-22(36)12-10-19)38-27-7-2-3-8-29(27)39(32)33(41)37-23-13-14-25(34)26(35)18-23/h2-15,18,21,32,38H,16-17H2,1H3,(H,37,41)/t21-,32+/m1/s1. The van der Waals surface area contributed by atoms with E-state index >= 15 is 0 Å². The number of nitrogens with one attached hydrogen (secondary N) is 2. The Balaban J connectivity index is 1.51. The van der Waals surface area contributed by atoms with Gasteiger partial charge < -0.3 is 15.4 Å². The van der Waals surface area contributed by atoms with E-state index in [9.17, 15) is 14.0 Å². The summed E-state index contributed by atoms with van der Waals surface area (Å²) in [5, 5.41) is 7.10. The predicted molar refractivity (Wildman–Crippen MR) is 164 cm³/mol. The zero-order chi connectivity index (χ0) is 29.4. The van der Waals surface area contributed by atoms with Crippen molar-refractivity contribution in [1.82, 2.24) is 0 Å². The summed E-state index contributed by atoms with van der Waals surface area (Å²) in [5.74, 6) is 0.00607. The van der Waals surface area contributed by atoms with Crippen LogP contribution in [0.4, 0.5) is 26.2 Å². The molecule has 0 saturated heterocycles. The normalized spacial score (nSPS) is 18.0. The van der Waals surface area contributed by atoms with Crippen LogP contribution >= 0.6 is 23.2 Å². The molecule has 0 unspecified atom stereocenters. The number of ketones is 1. The van der Waals surface area contributed by atoms with Gasteiger partial charge in [-0.1, -0.05) is 59.6 Å². The lowest BCUT2D eigenvalue weighted by molar-refractivity contribution is -0.116. The summed E-state index contributed by atoms with van der Waals surface area (Å²) in [7, 11) is 1.57. The van der Waals surface area contributed by atoms with Gasteiger partial charge in [-0.15, -0.1) is 0 Å². The highest BCUT2D eigenvalue weighted by Crippen LogP contribution is 2.48. The first-order chi connectivity index (χ1) is 20.3. The van der Waals surface area contributed by atoms with Gasteiger partial charge in [0.05, 0.1) is 34.6 Å². The third-order valence-corrected chi connectivity index (χ3v) is 8.37. The molecule has 9 heteroatoms. The van der Waals surface area contributed by atoms with E-state index in [1.807, 2.05) is 48.5 Å². The van der Waals surface area contributed by atoms with Crippen LogP contribution in [0, 0.1) is 5.82 Å². The van der Waals surface area contributed by atoms with Crippen LogP contribution in [-0.2, 0) is 4.79 Å². The third kappa shape index (κ3) is 5.33. The molecule has 0 aromatic heterocycles. The van der Waals surface area contributed by atoms with Crippen molar-refractivity contribution in [3.63, 3.8) is 0 Å². The molecular weight excluding hydrogens is 576 g/mol. The van der Waals surface area contributed by atoms with Gasteiger partial charge in [-0.25, -0.2) is 9.18 Å². The molecule has 0 fully saturated rings. The Kier molecular flexibility index (Phi) is 7.62. The number of carbonyl (C=O) groups excluding carboxylic acids is 2. The fourth-order valence-electron chi connectivity index (χ4n) is 5.67. The van der Waals surface area contributed by atoms with Crippen LogP contribution in [0.3, 0.4) is 0 Å². The number of ether oxygens (including phenoxy) is 1. The summed E-state index contributed by atoms with van der Waals surface area (Å²) in [6.07, 6.45) is 0.717. The topological polar surface area (TPSA) is 70.7 Å². The van der Waals surface area contributed by atoms with E-state index in [0.717, 1.165) is 5.56 Å². The fraction of sp³-hybridized carbons (Fsp3) is 0.152. The number of fused-ring (bicyclic) bond motifs is 1. The Hall–Kier alpha value is -4.33. The van der Waals surface area contributed by atoms with E-state index in [-0.39, 0.29) is 23.9 Å². The molecule has 0 radical (unpaired) electrons.